The Hall–Kier alpha value is 0.220. The summed E-state index contributed by atoms with van der Waals surface area (Å²) in [6.45, 7) is 6.85. The molecule has 18 heavy (non-hydrogen) atoms. The molecule has 6 heteroatoms. The smallest absolute Gasteiger partial charge is 0.211 e. The molecule has 0 fully saturated rings. The summed E-state index contributed by atoms with van der Waals surface area (Å²) >= 11 is 6.35. The van der Waals surface area contributed by atoms with Crippen molar-refractivity contribution in [1.82, 2.24) is 0 Å². The van der Waals surface area contributed by atoms with Crippen molar-refractivity contribution in [1.29, 1.82) is 0 Å². The molecule has 0 heterocycles. The van der Waals surface area contributed by atoms with E-state index < -0.39 is 0 Å². The molecule has 0 aliphatic heterocycles. The SMILES string of the molecule is C=CC(=O)SCCSCCSCCSC(=O)C=C. The zero-order valence-corrected chi connectivity index (χ0v) is 13.5. The summed E-state index contributed by atoms with van der Waals surface area (Å²) in [6.07, 6.45) is 2.71. The molecule has 2 nitrogen and oxygen atoms in total. The molecule has 0 amide bonds. The molecule has 102 valence electrons. The normalized spacial score (nSPS) is 10.0. The molecule has 0 unspecified atom stereocenters. The van der Waals surface area contributed by atoms with Crippen molar-refractivity contribution in [3.8, 4) is 0 Å². The number of rotatable bonds is 11. The fourth-order valence-corrected chi connectivity index (χ4v) is 4.44. The van der Waals surface area contributed by atoms with Gasteiger partial charge in [0.1, 0.15) is 0 Å². The molecular formula is C12H18O2S4. The van der Waals surface area contributed by atoms with E-state index in [2.05, 4.69) is 13.2 Å². The van der Waals surface area contributed by atoms with Gasteiger partial charge < -0.3 is 0 Å². The largest absolute Gasteiger partial charge is 0.282 e. The highest BCUT2D eigenvalue weighted by molar-refractivity contribution is 8.15. The molecule has 0 aliphatic rings. The summed E-state index contributed by atoms with van der Waals surface area (Å²) in [6, 6.07) is 0. The van der Waals surface area contributed by atoms with Gasteiger partial charge in [-0.05, 0) is 12.2 Å². The Morgan fingerprint density at radius 2 is 1.06 bits per heavy atom. The fourth-order valence-electron chi connectivity index (χ4n) is 0.842. The van der Waals surface area contributed by atoms with Crippen LogP contribution in [0.5, 0.6) is 0 Å². The van der Waals surface area contributed by atoms with Crippen LogP contribution in [0.4, 0.5) is 0 Å². The van der Waals surface area contributed by atoms with E-state index in [0.717, 1.165) is 34.5 Å². The van der Waals surface area contributed by atoms with Gasteiger partial charge in [-0.2, -0.15) is 23.5 Å². The van der Waals surface area contributed by atoms with Crippen molar-refractivity contribution >= 4 is 57.3 Å². The quantitative estimate of drug-likeness (QED) is 0.429. The summed E-state index contributed by atoms with van der Waals surface area (Å²) in [5.41, 5.74) is 0. The van der Waals surface area contributed by atoms with E-state index >= 15 is 0 Å². The summed E-state index contributed by atoms with van der Waals surface area (Å²) < 4.78 is 0. The second-order valence-electron chi connectivity index (χ2n) is 2.97. The summed E-state index contributed by atoms with van der Waals surface area (Å²) in [7, 11) is 0. The first-order valence-electron chi connectivity index (χ1n) is 5.44. The number of hydrogen-bond acceptors (Lipinski definition) is 6. The van der Waals surface area contributed by atoms with Gasteiger partial charge in [0, 0.05) is 34.5 Å². The minimum atomic E-state index is 0.0499. The van der Waals surface area contributed by atoms with E-state index in [1.165, 1.54) is 35.7 Å². The van der Waals surface area contributed by atoms with Crippen molar-refractivity contribution in [3.05, 3.63) is 25.3 Å². The van der Waals surface area contributed by atoms with Crippen molar-refractivity contribution < 1.29 is 9.59 Å². The molecule has 0 spiro atoms. The summed E-state index contributed by atoms with van der Waals surface area (Å²) in [4.78, 5) is 21.8. The number of hydrogen-bond donors (Lipinski definition) is 0. The molecule has 0 atom stereocenters. The lowest BCUT2D eigenvalue weighted by atomic mass is 10.7. The van der Waals surface area contributed by atoms with Crippen LogP contribution in [0.15, 0.2) is 25.3 Å². The van der Waals surface area contributed by atoms with Crippen molar-refractivity contribution in [2.45, 2.75) is 0 Å². The van der Waals surface area contributed by atoms with Crippen molar-refractivity contribution in [3.63, 3.8) is 0 Å². The molecule has 0 radical (unpaired) electrons. The molecule has 0 aromatic rings. The third kappa shape index (κ3) is 12.7. The number of thioether (sulfide) groups is 4. The maximum absolute atomic E-state index is 10.9. The summed E-state index contributed by atoms with van der Waals surface area (Å²) in [5, 5.41) is 0.0998. The maximum atomic E-state index is 10.9. The molecule has 0 saturated heterocycles. The van der Waals surface area contributed by atoms with Crippen LogP contribution in [0.3, 0.4) is 0 Å². The molecule has 0 bridgehead atoms. The standard InChI is InChI=1S/C12H18O2S4/c1-3-11(13)17-9-7-15-5-6-16-8-10-18-12(14)4-2/h3-4H,1-2,5-10H2. The van der Waals surface area contributed by atoms with Gasteiger partial charge >= 0.3 is 0 Å². The van der Waals surface area contributed by atoms with Crippen molar-refractivity contribution in [2.24, 2.45) is 0 Å². The van der Waals surface area contributed by atoms with Gasteiger partial charge in [-0.25, -0.2) is 0 Å². The molecular weight excluding hydrogens is 304 g/mol. The average molecular weight is 323 g/mol. The number of carbonyl (C=O) groups excluding carboxylic acids is 2. The Balaban J connectivity index is 3.12. The predicted molar refractivity (Wildman–Crippen MR) is 90.0 cm³/mol. The first-order chi connectivity index (χ1) is 8.70. The first kappa shape index (κ1) is 18.2. The predicted octanol–water partition coefficient (Wildman–Crippen LogP) is 3.34. The van der Waals surface area contributed by atoms with Crippen LogP contribution >= 0.6 is 47.0 Å². The highest BCUT2D eigenvalue weighted by atomic mass is 32.2. The van der Waals surface area contributed by atoms with Gasteiger partial charge in [0.05, 0.1) is 0 Å². The minimum Gasteiger partial charge on any atom is -0.282 e. The van der Waals surface area contributed by atoms with Crippen LogP contribution in [-0.4, -0.2) is 44.7 Å². The Kier molecular flexibility index (Phi) is 13.8. The minimum absolute atomic E-state index is 0.0499. The molecule has 0 rings (SSSR count). The van der Waals surface area contributed by atoms with Gasteiger partial charge in [0.2, 0.25) is 10.2 Å². The zero-order chi connectivity index (χ0) is 13.6. The van der Waals surface area contributed by atoms with Crippen LogP contribution in [0, 0.1) is 0 Å². The van der Waals surface area contributed by atoms with Crippen LogP contribution < -0.4 is 0 Å². The van der Waals surface area contributed by atoms with E-state index in [4.69, 9.17) is 0 Å². The van der Waals surface area contributed by atoms with E-state index in [1.807, 2.05) is 23.5 Å². The van der Waals surface area contributed by atoms with E-state index in [0.29, 0.717) is 0 Å². The highest BCUT2D eigenvalue weighted by Crippen LogP contribution is 2.12. The maximum Gasteiger partial charge on any atom is 0.211 e. The Morgan fingerprint density at radius 1 is 0.722 bits per heavy atom. The van der Waals surface area contributed by atoms with Crippen LogP contribution in [0.25, 0.3) is 0 Å². The second kappa shape index (κ2) is 13.6. The van der Waals surface area contributed by atoms with Gasteiger partial charge in [0.25, 0.3) is 0 Å². The molecule has 0 saturated carbocycles. The molecule has 0 aliphatic carbocycles. The second-order valence-corrected chi connectivity index (χ2v) is 7.62. The van der Waals surface area contributed by atoms with Gasteiger partial charge in [-0.3, -0.25) is 9.59 Å². The topological polar surface area (TPSA) is 34.1 Å². The summed E-state index contributed by atoms with van der Waals surface area (Å²) in [5.74, 6) is 5.87. The molecule has 0 aromatic carbocycles. The van der Waals surface area contributed by atoms with E-state index in [-0.39, 0.29) is 10.2 Å². The van der Waals surface area contributed by atoms with E-state index in [9.17, 15) is 9.59 Å². The fraction of sp³-hybridized carbons (Fsp3) is 0.500. The third-order valence-corrected chi connectivity index (χ3v) is 6.11. The van der Waals surface area contributed by atoms with Crippen LogP contribution in [0.1, 0.15) is 0 Å². The lowest BCUT2D eigenvalue weighted by Crippen LogP contribution is -1.95. The average Bonchev–Trinajstić information content (AvgIpc) is 2.40. The number of carbonyl (C=O) groups is 2. The first-order valence-corrected chi connectivity index (χ1v) is 9.72. The Labute approximate surface area is 126 Å². The lowest BCUT2D eigenvalue weighted by Gasteiger charge is -2.01. The zero-order valence-electron chi connectivity index (χ0n) is 10.3. The Bertz CT molecular complexity index is 251. The van der Waals surface area contributed by atoms with Gasteiger partial charge in [-0.15, -0.1) is 0 Å². The molecule has 0 aromatic heterocycles. The molecule has 0 N–H and O–H groups in total. The van der Waals surface area contributed by atoms with Gasteiger partial charge in [-0.1, -0.05) is 36.7 Å². The van der Waals surface area contributed by atoms with Crippen LogP contribution in [-0.2, 0) is 9.59 Å². The van der Waals surface area contributed by atoms with Gasteiger partial charge in [0.15, 0.2) is 0 Å². The highest BCUT2D eigenvalue weighted by Gasteiger charge is 1.98. The monoisotopic (exact) mass is 322 g/mol. The Morgan fingerprint density at radius 3 is 1.39 bits per heavy atom. The third-order valence-electron chi connectivity index (χ3n) is 1.65. The van der Waals surface area contributed by atoms with Crippen LogP contribution in [0.2, 0.25) is 0 Å². The van der Waals surface area contributed by atoms with E-state index in [1.54, 1.807) is 0 Å². The lowest BCUT2D eigenvalue weighted by molar-refractivity contribution is -0.107. The van der Waals surface area contributed by atoms with Crippen molar-refractivity contribution in [2.75, 3.05) is 34.5 Å².